The Hall–Kier alpha value is -7.17. The third-order valence-electron chi connectivity index (χ3n) is 10.9. The first kappa shape index (κ1) is 36.5. The van der Waals surface area contributed by atoms with E-state index in [1.165, 1.54) is 33.4 Å². The Bertz CT molecular complexity index is 2690. The van der Waals surface area contributed by atoms with Crippen LogP contribution < -0.4 is 4.74 Å². The average Bonchev–Trinajstić information content (AvgIpc) is 3.30. The van der Waals surface area contributed by atoms with Gasteiger partial charge in [-0.1, -0.05) is 133 Å². The number of pyridine rings is 3. The van der Waals surface area contributed by atoms with Crippen LogP contribution in [0.25, 0.3) is 66.9 Å². The van der Waals surface area contributed by atoms with Gasteiger partial charge in [-0.05, 0) is 113 Å². The zero-order chi connectivity index (χ0) is 39.1. The second-order valence-electron chi connectivity index (χ2n) is 14.7. The summed E-state index contributed by atoms with van der Waals surface area (Å²) < 4.78 is 6.10. The molecule has 0 atom stereocenters. The highest BCUT2D eigenvalue weighted by Crippen LogP contribution is 2.40. The summed E-state index contributed by atoms with van der Waals surface area (Å²) in [5.41, 5.74) is 17.0. The Morgan fingerprint density at radius 3 is 1.53 bits per heavy atom. The van der Waals surface area contributed by atoms with E-state index in [1.807, 2.05) is 48.8 Å². The van der Waals surface area contributed by atoms with Crippen LogP contribution in [-0.2, 0) is 25.7 Å². The summed E-state index contributed by atoms with van der Waals surface area (Å²) in [6.07, 6.45) is 7.44. The molecule has 3 aromatic heterocycles. The molecule has 0 N–H and O–H groups in total. The largest absolute Gasteiger partial charge is 0.496 e. The molecule has 0 saturated carbocycles. The molecule has 6 aromatic carbocycles. The standard InChI is InChI=1S/C54H43N3O/c1-58-54-37-45(53-31-29-42-10-2-5-15-52(42)57-53)28-30-49(54)48-12-4-3-11-47(48)46-35-40(18-16-38-20-24-43(25-21-38)50-13-6-8-32-55-50)34-41(36-46)19-17-39-22-26-44(27-23-39)51-14-7-9-33-56-51/h2-15,20-37H,16-19H2,1H3. The van der Waals surface area contributed by atoms with Gasteiger partial charge in [-0.2, -0.15) is 0 Å². The number of benzene rings is 6. The molecule has 0 bridgehead atoms. The summed E-state index contributed by atoms with van der Waals surface area (Å²) in [6, 6.07) is 64.5. The summed E-state index contributed by atoms with van der Waals surface area (Å²) in [5, 5.41) is 1.13. The molecule has 0 saturated heterocycles. The smallest absolute Gasteiger partial charge is 0.127 e. The average molecular weight is 750 g/mol. The molecular weight excluding hydrogens is 707 g/mol. The van der Waals surface area contributed by atoms with Crippen LogP contribution in [0.3, 0.4) is 0 Å². The summed E-state index contributed by atoms with van der Waals surface area (Å²) in [5.74, 6) is 0.819. The summed E-state index contributed by atoms with van der Waals surface area (Å²) >= 11 is 0. The highest BCUT2D eigenvalue weighted by molar-refractivity contribution is 5.88. The molecule has 0 spiro atoms. The number of fused-ring (bicyclic) bond motifs is 1. The normalized spacial score (nSPS) is 11.1. The molecule has 9 aromatic rings. The Morgan fingerprint density at radius 1 is 0.379 bits per heavy atom. The maximum atomic E-state index is 6.10. The van der Waals surface area contributed by atoms with Crippen molar-refractivity contribution in [3.05, 3.63) is 217 Å². The van der Waals surface area contributed by atoms with E-state index in [1.54, 1.807) is 7.11 Å². The number of rotatable bonds is 12. The van der Waals surface area contributed by atoms with Crippen molar-refractivity contribution >= 4 is 10.9 Å². The highest BCUT2D eigenvalue weighted by Gasteiger charge is 2.15. The van der Waals surface area contributed by atoms with Gasteiger partial charge in [0.25, 0.3) is 0 Å². The SMILES string of the molecule is COc1cc(-c2ccc3ccccc3n2)ccc1-c1ccccc1-c1cc(CCc2ccc(-c3ccccn3)cc2)cc(CCc2ccc(-c3ccccn3)cc2)c1. The van der Waals surface area contributed by atoms with Gasteiger partial charge in [0.15, 0.2) is 0 Å². The Balaban J connectivity index is 1.03. The third-order valence-corrected chi connectivity index (χ3v) is 10.9. The van der Waals surface area contributed by atoms with Crippen LogP contribution >= 0.6 is 0 Å². The fraction of sp³-hybridized carbons (Fsp3) is 0.0926. The van der Waals surface area contributed by atoms with Crippen molar-refractivity contribution in [2.24, 2.45) is 0 Å². The van der Waals surface area contributed by atoms with Crippen molar-refractivity contribution in [2.75, 3.05) is 7.11 Å². The summed E-state index contributed by atoms with van der Waals surface area (Å²) in [4.78, 5) is 14.0. The molecule has 9 rings (SSSR count). The van der Waals surface area contributed by atoms with Gasteiger partial charge in [0.1, 0.15) is 5.75 Å². The van der Waals surface area contributed by atoms with E-state index >= 15 is 0 Å². The van der Waals surface area contributed by atoms with Crippen molar-refractivity contribution in [3.63, 3.8) is 0 Å². The van der Waals surface area contributed by atoms with Crippen LogP contribution in [0.15, 0.2) is 194 Å². The lowest BCUT2D eigenvalue weighted by Gasteiger charge is -2.17. The van der Waals surface area contributed by atoms with Crippen molar-refractivity contribution in [1.29, 1.82) is 0 Å². The van der Waals surface area contributed by atoms with Crippen LogP contribution in [-0.4, -0.2) is 22.1 Å². The predicted molar refractivity (Wildman–Crippen MR) is 239 cm³/mol. The van der Waals surface area contributed by atoms with E-state index in [0.717, 1.165) is 87.2 Å². The lowest BCUT2D eigenvalue weighted by atomic mass is 9.89. The number of hydrogen-bond donors (Lipinski definition) is 0. The number of para-hydroxylation sites is 1. The predicted octanol–water partition coefficient (Wildman–Crippen LogP) is 12.9. The zero-order valence-electron chi connectivity index (χ0n) is 32.6. The van der Waals surface area contributed by atoms with E-state index in [-0.39, 0.29) is 0 Å². The molecular formula is C54H43N3O. The van der Waals surface area contributed by atoms with Crippen molar-refractivity contribution in [3.8, 4) is 61.8 Å². The number of nitrogens with zero attached hydrogens (tertiary/aromatic N) is 3. The van der Waals surface area contributed by atoms with E-state index < -0.39 is 0 Å². The fourth-order valence-corrected chi connectivity index (χ4v) is 7.81. The minimum Gasteiger partial charge on any atom is -0.496 e. The van der Waals surface area contributed by atoms with E-state index in [0.29, 0.717) is 0 Å². The van der Waals surface area contributed by atoms with Crippen LogP contribution in [0.5, 0.6) is 5.75 Å². The minimum absolute atomic E-state index is 0.819. The first-order chi connectivity index (χ1) is 28.7. The van der Waals surface area contributed by atoms with Gasteiger partial charge in [0.2, 0.25) is 0 Å². The van der Waals surface area contributed by atoms with E-state index in [4.69, 9.17) is 9.72 Å². The zero-order valence-corrected chi connectivity index (χ0v) is 32.6. The monoisotopic (exact) mass is 749 g/mol. The molecule has 0 aliphatic rings. The van der Waals surface area contributed by atoms with Gasteiger partial charge in [-0.15, -0.1) is 0 Å². The lowest BCUT2D eigenvalue weighted by molar-refractivity contribution is 0.416. The van der Waals surface area contributed by atoms with Crippen molar-refractivity contribution in [2.45, 2.75) is 25.7 Å². The molecule has 4 heteroatoms. The number of aryl methyl sites for hydroxylation is 4. The van der Waals surface area contributed by atoms with Crippen LogP contribution in [0, 0.1) is 0 Å². The molecule has 0 radical (unpaired) electrons. The second kappa shape index (κ2) is 16.9. The number of ether oxygens (including phenoxy) is 1. The van der Waals surface area contributed by atoms with Gasteiger partial charge in [-0.25, -0.2) is 4.98 Å². The summed E-state index contributed by atoms with van der Waals surface area (Å²) in [6.45, 7) is 0. The topological polar surface area (TPSA) is 47.9 Å². The van der Waals surface area contributed by atoms with Gasteiger partial charge < -0.3 is 4.74 Å². The van der Waals surface area contributed by atoms with Crippen molar-refractivity contribution < 1.29 is 4.74 Å². The lowest BCUT2D eigenvalue weighted by Crippen LogP contribution is -1.98. The van der Waals surface area contributed by atoms with Gasteiger partial charge in [0.05, 0.1) is 29.7 Å². The highest BCUT2D eigenvalue weighted by atomic mass is 16.5. The van der Waals surface area contributed by atoms with Crippen molar-refractivity contribution in [1.82, 2.24) is 15.0 Å². The maximum Gasteiger partial charge on any atom is 0.127 e. The molecule has 0 aliphatic carbocycles. The molecule has 0 fully saturated rings. The first-order valence-electron chi connectivity index (χ1n) is 19.9. The molecule has 0 amide bonds. The van der Waals surface area contributed by atoms with Gasteiger partial charge in [0, 0.05) is 40.0 Å². The quantitative estimate of drug-likeness (QED) is 0.125. The molecule has 0 unspecified atom stereocenters. The number of methoxy groups -OCH3 is 1. The molecule has 280 valence electrons. The Labute approximate surface area is 340 Å². The van der Waals surface area contributed by atoms with E-state index in [9.17, 15) is 0 Å². The van der Waals surface area contributed by atoms with Crippen LogP contribution in [0.4, 0.5) is 0 Å². The molecule has 4 nitrogen and oxygen atoms in total. The fourth-order valence-electron chi connectivity index (χ4n) is 7.81. The summed E-state index contributed by atoms with van der Waals surface area (Å²) in [7, 11) is 1.75. The minimum atomic E-state index is 0.819. The van der Waals surface area contributed by atoms with Gasteiger partial charge in [-0.3, -0.25) is 9.97 Å². The van der Waals surface area contributed by atoms with E-state index in [2.05, 4.69) is 156 Å². The molecule has 3 heterocycles. The number of aromatic nitrogens is 3. The van der Waals surface area contributed by atoms with Gasteiger partial charge >= 0.3 is 0 Å². The van der Waals surface area contributed by atoms with Crippen LogP contribution in [0.2, 0.25) is 0 Å². The Morgan fingerprint density at radius 2 is 0.931 bits per heavy atom. The molecule has 0 aliphatic heterocycles. The third kappa shape index (κ3) is 8.18. The first-order valence-corrected chi connectivity index (χ1v) is 19.9. The second-order valence-corrected chi connectivity index (χ2v) is 14.7. The maximum absolute atomic E-state index is 6.10. The molecule has 58 heavy (non-hydrogen) atoms. The van der Waals surface area contributed by atoms with Crippen LogP contribution in [0.1, 0.15) is 22.3 Å². The Kier molecular flexibility index (Phi) is 10.6. The number of hydrogen-bond acceptors (Lipinski definition) is 4.